The number of carbonyl (C=O) groups excluding carboxylic acids is 1. The van der Waals surface area contributed by atoms with Crippen LogP contribution in [0.15, 0.2) is 0 Å². The molecule has 0 aromatic rings. The van der Waals surface area contributed by atoms with Gasteiger partial charge >= 0.3 is 0 Å². The van der Waals surface area contributed by atoms with E-state index in [-0.39, 0.29) is 0 Å². The van der Waals surface area contributed by atoms with Gasteiger partial charge in [0, 0.05) is 12.3 Å². The van der Waals surface area contributed by atoms with Gasteiger partial charge in [-0.05, 0) is 25.7 Å². The van der Waals surface area contributed by atoms with Crippen molar-refractivity contribution in [3.8, 4) is 11.8 Å². The zero-order valence-corrected chi connectivity index (χ0v) is 6.26. The van der Waals surface area contributed by atoms with Crippen LogP contribution in [0.4, 0.5) is 0 Å². The highest BCUT2D eigenvalue weighted by molar-refractivity contribution is 5.50. The second-order valence-electron chi connectivity index (χ2n) is 2.74. The summed E-state index contributed by atoms with van der Waals surface area (Å²) in [6.45, 7) is 1.86. The lowest BCUT2D eigenvalue weighted by Crippen LogP contribution is -2.24. The molecule has 0 heterocycles. The second kappa shape index (κ2) is 3.41. The fourth-order valence-corrected chi connectivity index (χ4v) is 1.35. The molecular formula is C9H12O. The van der Waals surface area contributed by atoms with E-state index in [2.05, 4.69) is 11.8 Å². The molecule has 54 valence electrons. The first-order chi connectivity index (χ1) is 4.88. The summed E-state index contributed by atoms with van der Waals surface area (Å²) in [5.74, 6) is 7.10. The molecule has 0 N–H and O–H groups in total. The Labute approximate surface area is 61.8 Å². The Hall–Kier alpha value is -0.770. The summed E-state index contributed by atoms with van der Waals surface area (Å²) in [4.78, 5) is 10.1. The summed E-state index contributed by atoms with van der Waals surface area (Å²) in [5.41, 5.74) is 0. The molecule has 10 heavy (non-hydrogen) atoms. The van der Waals surface area contributed by atoms with Gasteiger partial charge in [0.2, 0.25) is 0 Å². The van der Waals surface area contributed by atoms with Gasteiger partial charge < -0.3 is 4.79 Å². The average Bonchev–Trinajstić information content (AvgIpc) is 1.93. The maximum absolute atomic E-state index is 10.1. The van der Waals surface area contributed by atoms with E-state index in [1.165, 1.54) is 12.8 Å². The Morgan fingerprint density at radius 3 is 2.80 bits per heavy atom. The van der Waals surface area contributed by atoms with Crippen molar-refractivity contribution in [2.75, 3.05) is 0 Å². The van der Waals surface area contributed by atoms with Crippen molar-refractivity contribution >= 4 is 6.29 Å². The predicted molar refractivity (Wildman–Crippen MR) is 40.3 cm³/mol. The Morgan fingerprint density at radius 1 is 1.60 bits per heavy atom. The van der Waals surface area contributed by atoms with Gasteiger partial charge in [-0.15, -0.1) is 5.92 Å². The molecule has 1 heteroatoms. The summed E-state index contributed by atoms with van der Waals surface area (Å²) in [6, 6.07) is 0. The summed E-state index contributed by atoms with van der Waals surface area (Å²) >= 11 is 0. The van der Waals surface area contributed by atoms with E-state index < -0.39 is 0 Å². The molecule has 0 radical (unpaired) electrons. The van der Waals surface area contributed by atoms with Crippen LogP contribution in [-0.4, -0.2) is 6.29 Å². The smallest absolute Gasteiger partial charge is 0.120 e. The van der Waals surface area contributed by atoms with Gasteiger partial charge in [0.15, 0.2) is 0 Å². The van der Waals surface area contributed by atoms with Crippen molar-refractivity contribution in [2.45, 2.75) is 26.2 Å². The van der Waals surface area contributed by atoms with Gasteiger partial charge in [0.1, 0.15) is 6.29 Å². The highest BCUT2D eigenvalue weighted by Crippen LogP contribution is 2.35. The molecule has 0 unspecified atom stereocenters. The molecule has 0 saturated heterocycles. The van der Waals surface area contributed by atoms with Crippen molar-refractivity contribution in [3.63, 3.8) is 0 Å². The van der Waals surface area contributed by atoms with E-state index in [1.807, 2.05) is 6.92 Å². The molecule has 0 aromatic carbocycles. The minimum atomic E-state index is 0.523. The topological polar surface area (TPSA) is 17.1 Å². The maximum Gasteiger partial charge on any atom is 0.120 e. The summed E-state index contributed by atoms with van der Waals surface area (Å²) in [5, 5.41) is 0. The molecule has 1 fully saturated rings. The molecule has 2 atom stereocenters. The second-order valence-corrected chi connectivity index (χ2v) is 2.74. The highest BCUT2D eigenvalue weighted by atomic mass is 16.1. The molecule has 1 saturated carbocycles. The summed E-state index contributed by atoms with van der Waals surface area (Å²) in [6.07, 6.45) is 4.10. The van der Waals surface area contributed by atoms with Crippen LogP contribution in [0, 0.1) is 23.7 Å². The summed E-state index contributed by atoms with van der Waals surface area (Å²) < 4.78 is 0. The number of aldehydes is 1. The lowest BCUT2D eigenvalue weighted by molar-refractivity contribution is -0.109. The third kappa shape index (κ3) is 1.39. The molecule has 0 spiro atoms. The van der Waals surface area contributed by atoms with Gasteiger partial charge in [-0.1, -0.05) is 5.92 Å². The largest absolute Gasteiger partial charge is 0.303 e. The van der Waals surface area contributed by atoms with Crippen molar-refractivity contribution < 1.29 is 4.79 Å². The molecule has 0 bridgehead atoms. The molecule has 0 amide bonds. The van der Waals surface area contributed by atoms with Crippen LogP contribution in [0.5, 0.6) is 0 Å². The van der Waals surface area contributed by atoms with Crippen molar-refractivity contribution in [1.82, 2.24) is 0 Å². The zero-order valence-electron chi connectivity index (χ0n) is 6.26. The first-order valence-electron chi connectivity index (χ1n) is 3.74. The number of hydrogen-bond donors (Lipinski definition) is 0. The minimum absolute atomic E-state index is 0.523. The molecule has 1 aliphatic rings. The van der Waals surface area contributed by atoms with Gasteiger partial charge in [0.05, 0.1) is 0 Å². The third-order valence-corrected chi connectivity index (χ3v) is 2.15. The lowest BCUT2D eigenvalue weighted by Gasteiger charge is -2.31. The van der Waals surface area contributed by atoms with E-state index in [0.29, 0.717) is 18.3 Å². The van der Waals surface area contributed by atoms with Crippen LogP contribution in [0.25, 0.3) is 0 Å². The average molecular weight is 136 g/mol. The van der Waals surface area contributed by atoms with E-state index >= 15 is 0 Å². The maximum atomic E-state index is 10.1. The quantitative estimate of drug-likeness (QED) is 0.416. The standard InChI is InChI=1S/C9H12O/c1-2-3-8-4-5-9(8)6-7-10/h7-9H,4-6H2,1H3/t8-,9-/m1/s1. The van der Waals surface area contributed by atoms with Crippen molar-refractivity contribution in [2.24, 2.45) is 11.8 Å². The van der Waals surface area contributed by atoms with Crippen LogP contribution in [0.2, 0.25) is 0 Å². The van der Waals surface area contributed by atoms with E-state index in [4.69, 9.17) is 0 Å². The monoisotopic (exact) mass is 136 g/mol. The van der Waals surface area contributed by atoms with Gasteiger partial charge in [0.25, 0.3) is 0 Å². The fourth-order valence-electron chi connectivity index (χ4n) is 1.35. The Bertz CT molecular complexity index is 173. The van der Waals surface area contributed by atoms with E-state index in [9.17, 15) is 4.79 Å². The van der Waals surface area contributed by atoms with Crippen molar-refractivity contribution in [3.05, 3.63) is 0 Å². The van der Waals surface area contributed by atoms with Crippen LogP contribution < -0.4 is 0 Å². The highest BCUT2D eigenvalue weighted by Gasteiger charge is 2.28. The van der Waals surface area contributed by atoms with Gasteiger partial charge in [-0.25, -0.2) is 0 Å². The van der Waals surface area contributed by atoms with Crippen LogP contribution in [-0.2, 0) is 4.79 Å². The Kier molecular flexibility index (Phi) is 2.50. The third-order valence-electron chi connectivity index (χ3n) is 2.15. The normalized spacial score (nSPS) is 29.7. The fraction of sp³-hybridized carbons (Fsp3) is 0.667. The minimum Gasteiger partial charge on any atom is -0.303 e. The number of carbonyl (C=O) groups is 1. The van der Waals surface area contributed by atoms with Crippen molar-refractivity contribution in [1.29, 1.82) is 0 Å². The first kappa shape index (κ1) is 7.34. The molecular weight excluding hydrogens is 124 g/mol. The SMILES string of the molecule is CC#C[C@@H]1CC[C@@H]1CC=O. The van der Waals surface area contributed by atoms with Crippen LogP contribution in [0.1, 0.15) is 26.2 Å². The molecule has 0 aromatic heterocycles. The molecule has 1 rings (SSSR count). The van der Waals surface area contributed by atoms with Gasteiger partial charge in [-0.2, -0.15) is 0 Å². The lowest BCUT2D eigenvalue weighted by atomic mass is 9.73. The van der Waals surface area contributed by atoms with Gasteiger partial charge in [-0.3, -0.25) is 0 Å². The Balaban J connectivity index is 2.33. The van der Waals surface area contributed by atoms with E-state index in [1.54, 1.807) is 0 Å². The number of hydrogen-bond acceptors (Lipinski definition) is 1. The van der Waals surface area contributed by atoms with Crippen LogP contribution in [0.3, 0.4) is 0 Å². The molecule has 1 nitrogen and oxygen atoms in total. The predicted octanol–water partition coefficient (Wildman–Crippen LogP) is 1.62. The summed E-state index contributed by atoms with van der Waals surface area (Å²) in [7, 11) is 0. The molecule has 0 aliphatic heterocycles. The van der Waals surface area contributed by atoms with E-state index in [0.717, 1.165) is 6.29 Å². The molecule has 1 aliphatic carbocycles. The van der Waals surface area contributed by atoms with Crippen LogP contribution >= 0.6 is 0 Å². The zero-order chi connectivity index (χ0) is 7.40. The first-order valence-corrected chi connectivity index (χ1v) is 3.74. The Morgan fingerprint density at radius 2 is 2.40 bits per heavy atom. The number of rotatable bonds is 2.